The van der Waals surface area contributed by atoms with Crippen LogP contribution in [0.5, 0.6) is 5.75 Å². The van der Waals surface area contributed by atoms with E-state index in [-0.39, 0.29) is 27.2 Å². The Morgan fingerprint density at radius 3 is 2.61 bits per heavy atom. The lowest BCUT2D eigenvalue weighted by molar-refractivity contribution is -0.274. The van der Waals surface area contributed by atoms with Crippen LogP contribution in [0.1, 0.15) is 15.9 Å². The van der Waals surface area contributed by atoms with Crippen LogP contribution in [-0.2, 0) is 16.6 Å². The fraction of sp³-hybridized carbons (Fsp3) is 0.111. The summed E-state index contributed by atoms with van der Waals surface area (Å²) in [5.41, 5.74) is 0.439. The molecule has 0 atom stereocenters. The van der Waals surface area contributed by atoms with Crippen LogP contribution in [-0.4, -0.2) is 25.7 Å². The summed E-state index contributed by atoms with van der Waals surface area (Å²) in [4.78, 5) is 15.9. The van der Waals surface area contributed by atoms with Crippen LogP contribution >= 0.6 is 22.9 Å². The molecule has 0 aliphatic heterocycles. The summed E-state index contributed by atoms with van der Waals surface area (Å²) in [6.45, 7) is -0.0861. The Hall–Kier alpha value is -2.83. The van der Waals surface area contributed by atoms with E-state index in [0.717, 1.165) is 23.5 Å². The Morgan fingerprint density at radius 1 is 1.19 bits per heavy atom. The van der Waals surface area contributed by atoms with Crippen LogP contribution in [0.3, 0.4) is 0 Å². The SMILES string of the molecule is O=C(NCc1cccc(OC(F)(F)F)c1)c1ccc(S(=O)(=O)Nc2nccs2)c(Cl)c1. The number of ether oxygens (including phenoxy) is 1. The monoisotopic (exact) mass is 491 g/mol. The molecule has 1 heterocycles. The van der Waals surface area contributed by atoms with E-state index in [0.29, 0.717) is 5.56 Å². The highest BCUT2D eigenvalue weighted by molar-refractivity contribution is 7.93. The van der Waals surface area contributed by atoms with Gasteiger partial charge in [-0.1, -0.05) is 23.7 Å². The second-order valence-electron chi connectivity index (χ2n) is 5.97. The molecule has 0 spiro atoms. The van der Waals surface area contributed by atoms with Gasteiger partial charge in [0.05, 0.1) is 5.02 Å². The molecule has 0 saturated carbocycles. The third-order valence-electron chi connectivity index (χ3n) is 3.72. The van der Waals surface area contributed by atoms with Gasteiger partial charge in [-0.15, -0.1) is 24.5 Å². The summed E-state index contributed by atoms with van der Waals surface area (Å²) >= 11 is 7.15. The number of carbonyl (C=O) groups is 1. The van der Waals surface area contributed by atoms with Crippen molar-refractivity contribution in [2.24, 2.45) is 0 Å². The van der Waals surface area contributed by atoms with Crippen LogP contribution in [0.15, 0.2) is 58.9 Å². The Balaban J connectivity index is 1.68. The largest absolute Gasteiger partial charge is 0.573 e. The molecular formula is C18H13ClF3N3O4S2. The average Bonchev–Trinajstić information content (AvgIpc) is 3.17. The Morgan fingerprint density at radius 2 is 1.97 bits per heavy atom. The predicted molar refractivity (Wildman–Crippen MR) is 109 cm³/mol. The minimum atomic E-state index is -4.82. The van der Waals surface area contributed by atoms with Crippen molar-refractivity contribution in [2.45, 2.75) is 17.8 Å². The van der Waals surface area contributed by atoms with Gasteiger partial charge in [-0.25, -0.2) is 13.4 Å². The maximum atomic E-state index is 12.4. The van der Waals surface area contributed by atoms with Gasteiger partial charge < -0.3 is 10.1 Å². The molecule has 0 radical (unpaired) electrons. The van der Waals surface area contributed by atoms with Crippen molar-refractivity contribution < 1.29 is 31.1 Å². The molecule has 3 rings (SSSR count). The Labute approximate surface area is 183 Å². The van der Waals surface area contributed by atoms with E-state index in [1.54, 1.807) is 5.38 Å². The van der Waals surface area contributed by atoms with Gasteiger partial charge in [-0.05, 0) is 35.9 Å². The molecule has 2 aromatic carbocycles. The number of aromatic nitrogens is 1. The summed E-state index contributed by atoms with van der Waals surface area (Å²) in [5, 5.41) is 4.09. The number of amides is 1. The minimum absolute atomic E-state index is 0.0703. The molecule has 7 nitrogen and oxygen atoms in total. The molecule has 2 N–H and O–H groups in total. The molecule has 0 saturated heterocycles. The van der Waals surface area contributed by atoms with E-state index in [2.05, 4.69) is 19.8 Å². The summed E-state index contributed by atoms with van der Waals surface area (Å²) in [7, 11) is -4.00. The maximum Gasteiger partial charge on any atom is 0.573 e. The second-order valence-corrected chi connectivity index (χ2v) is 8.92. The van der Waals surface area contributed by atoms with E-state index in [9.17, 15) is 26.4 Å². The van der Waals surface area contributed by atoms with Crippen molar-refractivity contribution in [3.8, 4) is 5.75 Å². The van der Waals surface area contributed by atoms with Crippen LogP contribution < -0.4 is 14.8 Å². The average molecular weight is 492 g/mol. The van der Waals surface area contributed by atoms with Gasteiger partial charge in [-0.3, -0.25) is 9.52 Å². The third kappa shape index (κ3) is 6.32. The molecule has 1 amide bonds. The lowest BCUT2D eigenvalue weighted by atomic mass is 10.2. The maximum absolute atomic E-state index is 12.4. The summed E-state index contributed by atoms with van der Waals surface area (Å²) in [5.74, 6) is -1.01. The van der Waals surface area contributed by atoms with Gasteiger partial charge in [0, 0.05) is 23.7 Å². The number of hydrogen-bond acceptors (Lipinski definition) is 6. The third-order valence-corrected chi connectivity index (χ3v) is 6.36. The van der Waals surface area contributed by atoms with Crippen molar-refractivity contribution in [2.75, 3.05) is 4.72 Å². The summed E-state index contributed by atoms with van der Waals surface area (Å²) < 4.78 is 67.9. The van der Waals surface area contributed by atoms with E-state index < -0.39 is 28.0 Å². The lowest BCUT2D eigenvalue weighted by Gasteiger charge is -2.11. The fourth-order valence-electron chi connectivity index (χ4n) is 2.44. The van der Waals surface area contributed by atoms with Gasteiger partial charge in [0.2, 0.25) is 0 Å². The topological polar surface area (TPSA) is 97.4 Å². The van der Waals surface area contributed by atoms with E-state index in [4.69, 9.17) is 11.6 Å². The zero-order chi connectivity index (χ0) is 22.6. The summed E-state index contributed by atoms with van der Waals surface area (Å²) in [6.07, 6.45) is -3.39. The van der Waals surface area contributed by atoms with E-state index in [1.165, 1.54) is 36.5 Å². The molecule has 0 aliphatic rings. The molecular weight excluding hydrogens is 479 g/mol. The molecule has 31 heavy (non-hydrogen) atoms. The molecule has 3 aromatic rings. The van der Waals surface area contributed by atoms with Crippen molar-refractivity contribution >= 4 is 44.0 Å². The van der Waals surface area contributed by atoms with Gasteiger partial charge in [0.15, 0.2) is 5.13 Å². The standard InChI is InChI=1S/C18H13ClF3N3O4S2/c19-14-9-12(4-5-15(14)31(27,28)25-17-23-6-7-30-17)16(26)24-10-11-2-1-3-13(8-11)29-18(20,21)22/h1-9H,10H2,(H,23,25)(H,24,26). The number of thiazole rings is 1. The van der Waals surface area contributed by atoms with Crippen molar-refractivity contribution in [1.82, 2.24) is 10.3 Å². The predicted octanol–water partition coefficient (Wildman–Crippen LogP) is 4.43. The highest BCUT2D eigenvalue weighted by Gasteiger charge is 2.31. The molecule has 0 fully saturated rings. The molecule has 0 bridgehead atoms. The first kappa shape index (κ1) is 22.8. The Kier molecular flexibility index (Phi) is 6.72. The van der Waals surface area contributed by atoms with Crippen molar-refractivity contribution in [1.29, 1.82) is 0 Å². The number of hydrogen-bond donors (Lipinski definition) is 2. The zero-order valence-electron chi connectivity index (χ0n) is 15.3. The van der Waals surface area contributed by atoms with Gasteiger partial charge in [0.1, 0.15) is 10.6 Å². The smallest absolute Gasteiger partial charge is 0.406 e. The fourth-order valence-corrected chi connectivity index (χ4v) is 4.78. The van der Waals surface area contributed by atoms with Gasteiger partial charge in [0.25, 0.3) is 15.9 Å². The van der Waals surface area contributed by atoms with Gasteiger partial charge in [-0.2, -0.15) is 0 Å². The van der Waals surface area contributed by atoms with Crippen LogP contribution in [0.25, 0.3) is 0 Å². The highest BCUT2D eigenvalue weighted by atomic mass is 35.5. The minimum Gasteiger partial charge on any atom is -0.406 e. The number of anilines is 1. The first-order valence-corrected chi connectivity index (χ1v) is 11.1. The molecule has 13 heteroatoms. The van der Waals surface area contributed by atoms with Crippen LogP contribution in [0, 0.1) is 0 Å². The zero-order valence-corrected chi connectivity index (χ0v) is 17.7. The lowest BCUT2D eigenvalue weighted by Crippen LogP contribution is -2.23. The molecule has 164 valence electrons. The number of halogens is 4. The van der Waals surface area contributed by atoms with Crippen molar-refractivity contribution in [3.63, 3.8) is 0 Å². The first-order valence-electron chi connectivity index (χ1n) is 8.38. The number of rotatable bonds is 7. The molecule has 1 aromatic heterocycles. The number of sulfonamides is 1. The van der Waals surface area contributed by atoms with Crippen molar-refractivity contribution in [3.05, 3.63) is 70.2 Å². The van der Waals surface area contributed by atoms with E-state index >= 15 is 0 Å². The number of carbonyl (C=O) groups excluding carboxylic acids is 1. The second kappa shape index (κ2) is 9.12. The Bertz CT molecular complexity index is 1190. The van der Waals surface area contributed by atoms with Gasteiger partial charge >= 0.3 is 6.36 Å². The highest BCUT2D eigenvalue weighted by Crippen LogP contribution is 2.26. The molecule has 0 unspecified atom stereocenters. The van der Waals surface area contributed by atoms with E-state index in [1.807, 2.05) is 0 Å². The number of benzene rings is 2. The first-order chi connectivity index (χ1) is 14.5. The number of alkyl halides is 3. The number of nitrogens with zero attached hydrogens (tertiary/aromatic N) is 1. The number of nitrogens with one attached hydrogen (secondary N) is 2. The van der Waals surface area contributed by atoms with Crippen LogP contribution in [0.4, 0.5) is 18.3 Å². The quantitative estimate of drug-likeness (QED) is 0.509. The molecule has 0 aliphatic carbocycles. The van der Waals surface area contributed by atoms with Crippen LogP contribution in [0.2, 0.25) is 5.02 Å². The summed E-state index contributed by atoms with van der Waals surface area (Å²) in [6, 6.07) is 8.76. The normalized spacial score (nSPS) is 11.7.